The van der Waals surface area contributed by atoms with E-state index in [4.69, 9.17) is 0 Å². The van der Waals surface area contributed by atoms with Crippen molar-refractivity contribution in [2.75, 3.05) is 31.1 Å². The van der Waals surface area contributed by atoms with E-state index in [0.29, 0.717) is 6.54 Å². The molecule has 0 spiro atoms. The number of hydrogen-bond donors (Lipinski definition) is 1. The molecule has 26 heavy (non-hydrogen) atoms. The molecule has 1 aliphatic rings. The lowest BCUT2D eigenvalue weighted by Gasteiger charge is -2.38. The first-order chi connectivity index (χ1) is 12.4. The predicted octanol–water partition coefficient (Wildman–Crippen LogP) is 3.41. The van der Waals surface area contributed by atoms with Gasteiger partial charge in [-0.3, -0.25) is 4.98 Å². The summed E-state index contributed by atoms with van der Waals surface area (Å²) in [5.41, 5.74) is 3.62. The number of urea groups is 1. The van der Waals surface area contributed by atoms with E-state index < -0.39 is 0 Å². The predicted molar refractivity (Wildman–Crippen MR) is 105 cm³/mol. The summed E-state index contributed by atoms with van der Waals surface area (Å²) in [6, 6.07) is 14.3. The Bertz CT molecular complexity index is 731. The van der Waals surface area contributed by atoms with Crippen molar-refractivity contribution < 1.29 is 4.79 Å². The topological polar surface area (TPSA) is 48.5 Å². The van der Waals surface area contributed by atoms with Gasteiger partial charge >= 0.3 is 6.03 Å². The maximum absolute atomic E-state index is 12.4. The fraction of sp³-hybridized carbons (Fsp3) is 0.429. The molecule has 0 unspecified atom stereocenters. The van der Waals surface area contributed by atoms with E-state index in [2.05, 4.69) is 60.2 Å². The Kier molecular flexibility index (Phi) is 5.45. The molecule has 1 aromatic carbocycles. The molecule has 0 saturated carbocycles. The minimum Gasteiger partial charge on any atom is -0.368 e. The van der Waals surface area contributed by atoms with E-state index in [1.54, 1.807) is 6.20 Å². The maximum Gasteiger partial charge on any atom is 0.317 e. The number of nitrogens with one attached hydrogen (secondary N) is 1. The summed E-state index contributed by atoms with van der Waals surface area (Å²) in [6.07, 6.45) is 1.74. The number of pyridine rings is 1. The lowest BCUT2D eigenvalue weighted by Crippen LogP contribution is -2.52. The molecule has 0 aliphatic carbocycles. The van der Waals surface area contributed by atoms with Crippen LogP contribution in [0.1, 0.15) is 32.0 Å². The van der Waals surface area contributed by atoms with Crippen LogP contribution < -0.4 is 10.2 Å². The lowest BCUT2D eigenvalue weighted by molar-refractivity contribution is 0.193. The molecule has 5 nitrogen and oxygen atoms in total. The molecule has 0 bridgehead atoms. The van der Waals surface area contributed by atoms with Crippen LogP contribution >= 0.6 is 0 Å². The summed E-state index contributed by atoms with van der Waals surface area (Å²) >= 11 is 0. The molecule has 1 aliphatic heterocycles. The van der Waals surface area contributed by atoms with Crippen LogP contribution in [-0.4, -0.2) is 42.1 Å². The number of para-hydroxylation sites is 1. The molecule has 5 heteroatoms. The van der Waals surface area contributed by atoms with Gasteiger partial charge in [0.1, 0.15) is 0 Å². The first-order valence-electron chi connectivity index (χ1n) is 9.22. The van der Waals surface area contributed by atoms with Crippen molar-refractivity contribution >= 4 is 11.7 Å². The summed E-state index contributed by atoms with van der Waals surface area (Å²) in [7, 11) is 0. The molecule has 138 valence electrons. The summed E-state index contributed by atoms with van der Waals surface area (Å²) in [4.78, 5) is 20.9. The summed E-state index contributed by atoms with van der Waals surface area (Å²) in [5.74, 6) is 0. The van der Waals surface area contributed by atoms with Crippen LogP contribution in [0.4, 0.5) is 10.5 Å². The number of aromatic nitrogens is 1. The molecule has 1 N–H and O–H groups in total. The third-order valence-corrected chi connectivity index (χ3v) is 4.77. The van der Waals surface area contributed by atoms with Gasteiger partial charge in [-0.2, -0.15) is 0 Å². The zero-order valence-electron chi connectivity index (χ0n) is 15.9. The minimum absolute atomic E-state index is 0.0144. The Morgan fingerprint density at radius 2 is 1.73 bits per heavy atom. The number of carbonyl (C=O) groups excluding carboxylic acids is 1. The Hall–Kier alpha value is -2.56. The van der Waals surface area contributed by atoms with Gasteiger partial charge in [-0.15, -0.1) is 0 Å². The van der Waals surface area contributed by atoms with Crippen LogP contribution in [0.2, 0.25) is 0 Å². The number of benzene rings is 1. The van der Waals surface area contributed by atoms with Gasteiger partial charge in [0.2, 0.25) is 0 Å². The van der Waals surface area contributed by atoms with Crippen molar-refractivity contribution in [1.82, 2.24) is 15.2 Å². The van der Waals surface area contributed by atoms with Crippen LogP contribution in [-0.2, 0) is 12.0 Å². The van der Waals surface area contributed by atoms with Crippen molar-refractivity contribution in [3.05, 3.63) is 59.9 Å². The summed E-state index contributed by atoms with van der Waals surface area (Å²) < 4.78 is 0. The molecule has 1 saturated heterocycles. The van der Waals surface area contributed by atoms with Gasteiger partial charge < -0.3 is 15.1 Å². The standard InChI is InChI=1S/C21H28N4O/c1-21(2,3)18-9-4-5-10-19(18)24-12-14-25(15-13-24)20(26)23-16-17-8-6-7-11-22-17/h4-11H,12-16H2,1-3H3,(H,23,26). The average molecular weight is 352 g/mol. The highest BCUT2D eigenvalue weighted by molar-refractivity contribution is 5.74. The van der Waals surface area contributed by atoms with Gasteiger partial charge in [0.05, 0.1) is 12.2 Å². The lowest BCUT2D eigenvalue weighted by atomic mass is 9.85. The largest absolute Gasteiger partial charge is 0.368 e. The molecule has 2 amide bonds. The summed E-state index contributed by atoms with van der Waals surface area (Å²) in [5, 5.41) is 2.96. The van der Waals surface area contributed by atoms with Crippen LogP contribution in [0.5, 0.6) is 0 Å². The number of anilines is 1. The number of carbonyl (C=O) groups is 1. The highest BCUT2D eigenvalue weighted by Crippen LogP contribution is 2.32. The fourth-order valence-electron chi connectivity index (χ4n) is 3.31. The monoisotopic (exact) mass is 352 g/mol. The molecule has 3 rings (SSSR count). The highest BCUT2D eigenvalue weighted by Gasteiger charge is 2.25. The second-order valence-electron chi connectivity index (χ2n) is 7.72. The quantitative estimate of drug-likeness (QED) is 0.921. The molecule has 2 aromatic rings. The van der Waals surface area contributed by atoms with E-state index in [1.165, 1.54) is 11.3 Å². The Morgan fingerprint density at radius 1 is 1.04 bits per heavy atom. The maximum atomic E-state index is 12.4. The smallest absolute Gasteiger partial charge is 0.317 e. The molecule has 1 fully saturated rings. The molecule has 1 aromatic heterocycles. The molecule has 0 atom stereocenters. The van der Waals surface area contributed by atoms with Crippen LogP contribution in [0.25, 0.3) is 0 Å². The van der Waals surface area contributed by atoms with E-state index in [-0.39, 0.29) is 11.4 Å². The first-order valence-corrected chi connectivity index (χ1v) is 9.22. The molecule has 2 heterocycles. The van der Waals surface area contributed by atoms with E-state index in [1.807, 2.05) is 23.1 Å². The van der Waals surface area contributed by atoms with Gasteiger partial charge in [0.15, 0.2) is 0 Å². The second-order valence-corrected chi connectivity index (χ2v) is 7.72. The first kappa shape index (κ1) is 18.2. The van der Waals surface area contributed by atoms with Gasteiger partial charge in [0.25, 0.3) is 0 Å². The van der Waals surface area contributed by atoms with Gasteiger partial charge in [-0.1, -0.05) is 45.0 Å². The van der Waals surface area contributed by atoms with Gasteiger partial charge in [0, 0.05) is 38.1 Å². The van der Waals surface area contributed by atoms with Crippen molar-refractivity contribution in [2.45, 2.75) is 32.7 Å². The molecular weight excluding hydrogens is 324 g/mol. The van der Waals surface area contributed by atoms with Crippen molar-refractivity contribution in [3.8, 4) is 0 Å². The number of amides is 2. The third kappa shape index (κ3) is 4.34. The number of piperazine rings is 1. The zero-order valence-corrected chi connectivity index (χ0v) is 15.9. The Labute approximate surface area is 156 Å². The number of nitrogens with zero attached hydrogens (tertiary/aromatic N) is 3. The van der Waals surface area contributed by atoms with Gasteiger partial charge in [-0.25, -0.2) is 4.79 Å². The van der Waals surface area contributed by atoms with Crippen molar-refractivity contribution in [1.29, 1.82) is 0 Å². The second kappa shape index (κ2) is 7.77. The van der Waals surface area contributed by atoms with Gasteiger partial charge in [-0.05, 0) is 29.2 Å². The molecular formula is C21H28N4O. The van der Waals surface area contributed by atoms with Crippen molar-refractivity contribution in [3.63, 3.8) is 0 Å². The van der Waals surface area contributed by atoms with Crippen LogP contribution in [0.3, 0.4) is 0 Å². The Balaban J connectivity index is 1.57. The van der Waals surface area contributed by atoms with Crippen molar-refractivity contribution in [2.24, 2.45) is 0 Å². The van der Waals surface area contributed by atoms with E-state index >= 15 is 0 Å². The third-order valence-electron chi connectivity index (χ3n) is 4.77. The summed E-state index contributed by atoms with van der Waals surface area (Å²) in [6.45, 7) is 10.4. The Morgan fingerprint density at radius 3 is 2.38 bits per heavy atom. The highest BCUT2D eigenvalue weighted by atomic mass is 16.2. The number of rotatable bonds is 3. The molecule has 0 radical (unpaired) electrons. The van der Waals surface area contributed by atoms with E-state index in [9.17, 15) is 4.79 Å². The zero-order chi connectivity index (χ0) is 18.6. The van der Waals surface area contributed by atoms with Crippen LogP contribution in [0.15, 0.2) is 48.7 Å². The fourth-order valence-corrected chi connectivity index (χ4v) is 3.31. The minimum atomic E-state index is -0.0144. The number of hydrogen-bond acceptors (Lipinski definition) is 3. The SMILES string of the molecule is CC(C)(C)c1ccccc1N1CCN(C(=O)NCc2ccccn2)CC1. The average Bonchev–Trinajstić information content (AvgIpc) is 2.66. The van der Waals surface area contributed by atoms with Crippen LogP contribution in [0, 0.1) is 0 Å². The van der Waals surface area contributed by atoms with E-state index in [0.717, 1.165) is 31.9 Å². The normalized spacial score (nSPS) is 15.0.